The van der Waals surface area contributed by atoms with Crippen LogP contribution in [0.15, 0.2) is 0 Å². The van der Waals surface area contributed by atoms with Crippen LogP contribution in [0.2, 0.25) is 0 Å². The van der Waals surface area contributed by atoms with Gasteiger partial charge < -0.3 is 36.2 Å². The number of aliphatic hydroxyl groups excluding tert-OH is 2. The van der Waals surface area contributed by atoms with Gasteiger partial charge in [0.25, 0.3) is 0 Å². The highest BCUT2D eigenvalue weighted by atomic mass is 16.7. The lowest BCUT2D eigenvalue weighted by Crippen LogP contribution is -2.50. The predicted molar refractivity (Wildman–Crippen MR) is 60.6 cm³/mol. The van der Waals surface area contributed by atoms with Crippen molar-refractivity contribution in [3.05, 3.63) is 0 Å². The molecule has 4 atom stereocenters. The van der Waals surface area contributed by atoms with Crippen molar-refractivity contribution in [2.45, 2.75) is 36.9 Å². The molecule has 0 spiro atoms. The molecule has 8 heteroatoms. The zero-order chi connectivity index (χ0) is 13.8. The zero-order valence-corrected chi connectivity index (χ0v) is 9.95. The fraction of sp³-hybridized carbons (Fsp3) is 0.900. The average molecular weight is 264 g/mol. The van der Waals surface area contributed by atoms with Crippen LogP contribution in [0.3, 0.4) is 0 Å². The van der Waals surface area contributed by atoms with Gasteiger partial charge >= 0.3 is 5.97 Å². The minimum atomic E-state index is -1.80. The third-order valence-corrected chi connectivity index (χ3v) is 2.89. The molecule has 0 aromatic heterocycles. The molecule has 2 unspecified atom stereocenters. The summed E-state index contributed by atoms with van der Waals surface area (Å²) in [5.41, 5.74) is 5.31. The number of aliphatic carboxylic acids is 1. The van der Waals surface area contributed by atoms with E-state index < -0.39 is 30.0 Å². The Bertz CT molecular complexity index is 290. The van der Waals surface area contributed by atoms with Crippen LogP contribution in [-0.2, 0) is 9.53 Å². The molecule has 0 saturated carbocycles. The fourth-order valence-electron chi connectivity index (χ4n) is 1.70. The van der Waals surface area contributed by atoms with Crippen molar-refractivity contribution in [3.63, 3.8) is 0 Å². The summed E-state index contributed by atoms with van der Waals surface area (Å²) in [4.78, 5) is 10.4. The number of carbonyl (C=O) groups is 1. The van der Waals surface area contributed by atoms with E-state index in [0.717, 1.165) is 0 Å². The molecule has 0 radical (unpaired) electrons. The minimum absolute atomic E-state index is 0.0481. The quantitative estimate of drug-likeness (QED) is 0.271. The lowest BCUT2D eigenvalue weighted by Gasteiger charge is -2.26. The fourth-order valence-corrected chi connectivity index (χ4v) is 1.70. The van der Waals surface area contributed by atoms with Crippen molar-refractivity contribution >= 4 is 5.97 Å². The van der Waals surface area contributed by atoms with Gasteiger partial charge in [-0.2, -0.15) is 0 Å². The van der Waals surface area contributed by atoms with Crippen molar-refractivity contribution in [3.8, 4) is 0 Å². The Hall–Kier alpha value is -0.770. The molecule has 18 heavy (non-hydrogen) atoms. The highest BCUT2D eigenvalue weighted by Crippen LogP contribution is 2.22. The summed E-state index contributed by atoms with van der Waals surface area (Å²) in [6.07, 6.45) is -1.63. The topological polar surface area (TPSA) is 145 Å². The molecule has 0 aromatic carbocycles. The van der Waals surface area contributed by atoms with Gasteiger partial charge in [-0.25, -0.2) is 0 Å². The number of carboxylic acid groups (broad SMARTS) is 1. The molecule has 106 valence electrons. The van der Waals surface area contributed by atoms with Crippen molar-refractivity contribution in [2.24, 2.45) is 5.73 Å². The third kappa shape index (κ3) is 3.87. The largest absolute Gasteiger partial charge is 0.480 e. The summed E-state index contributed by atoms with van der Waals surface area (Å²) < 4.78 is 4.91. The molecule has 1 saturated heterocycles. The van der Waals surface area contributed by atoms with E-state index in [-0.39, 0.29) is 13.2 Å². The van der Waals surface area contributed by atoms with Crippen LogP contribution in [0.1, 0.15) is 12.8 Å². The summed E-state index contributed by atoms with van der Waals surface area (Å²) in [5, 5.41) is 39.9. The van der Waals surface area contributed by atoms with Crippen LogP contribution in [-0.4, -0.2) is 70.1 Å². The van der Waals surface area contributed by atoms with Crippen molar-refractivity contribution < 1.29 is 30.0 Å². The normalized spacial score (nSPS) is 33.6. The minimum Gasteiger partial charge on any atom is -0.480 e. The Kier molecular flexibility index (Phi) is 5.45. The number of hydrogen-bond donors (Lipinski definition) is 6. The molecule has 0 bridgehead atoms. The summed E-state index contributed by atoms with van der Waals surface area (Å²) >= 11 is 0. The van der Waals surface area contributed by atoms with Gasteiger partial charge in [0.15, 0.2) is 0 Å². The van der Waals surface area contributed by atoms with Gasteiger partial charge in [-0.1, -0.05) is 0 Å². The molecule has 1 aliphatic rings. The van der Waals surface area contributed by atoms with Crippen molar-refractivity contribution in [1.82, 2.24) is 5.32 Å². The van der Waals surface area contributed by atoms with Crippen LogP contribution in [0.25, 0.3) is 0 Å². The van der Waals surface area contributed by atoms with Gasteiger partial charge in [0.2, 0.25) is 5.79 Å². The van der Waals surface area contributed by atoms with Crippen LogP contribution >= 0.6 is 0 Å². The van der Waals surface area contributed by atoms with Crippen LogP contribution < -0.4 is 11.1 Å². The second-order valence-electron chi connectivity index (χ2n) is 4.43. The number of aliphatic hydroxyl groups is 3. The molecule has 1 rings (SSSR count). The van der Waals surface area contributed by atoms with E-state index in [0.29, 0.717) is 19.4 Å². The van der Waals surface area contributed by atoms with Crippen LogP contribution in [0, 0.1) is 0 Å². The van der Waals surface area contributed by atoms with Crippen LogP contribution in [0.5, 0.6) is 0 Å². The number of rotatable bonds is 7. The average Bonchev–Trinajstić information content (AvgIpc) is 2.57. The smallest absolute Gasteiger partial charge is 0.320 e. The van der Waals surface area contributed by atoms with Gasteiger partial charge in [-0.05, 0) is 19.4 Å². The first kappa shape index (κ1) is 15.3. The van der Waals surface area contributed by atoms with Gasteiger partial charge in [0.1, 0.15) is 18.2 Å². The van der Waals surface area contributed by atoms with Gasteiger partial charge in [-0.3, -0.25) is 4.79 Å². The first-order chi connectivity index (χ1) is 8.37. The Labute approximate surface area is 104 Å². The van der Waals surface area contributed by atoms with E-state index >= 15 is 0 Å². The molecule has 1 heterocycles. The number of nitrogens with two attached hydrogens (primary N) is 1. The maximum Gasteiger partial charge on any atom is 0.320 e. The molecule has 1 fully saturated rings. The Balaban J connectivity index is 2.17. The second kappa shape index (κ2) is 6.41. The first-order valence-corrected chi connectivity index (χ1v) is 5.78. The van der Waals surface area contributed by atoms with E-state index in [1.165, 1.54) is 0 Å². The Morgan fingerprint density at radius 3 is 2.72 bits per heavy atom. The standard InChI is InChI=1S/C10H20N2O6/c11-6(9(15)16)2-1-3-12-5-10(17)8(14)7(13)4-18-10/h6-8,12-14,17H,1-5,11H2,(H,15,16)/t6?,7-,8-,10?/m1/s1. The van der Waals surface area contributed by atoms with E-state index in [9.17, 15) is 20.1 Å². The highest BCUT2D eigenvalue weighted by Gasteiger charge is 2.47. The number of carboxylic acids is 1. The molecule has 1 aliphatic heterocycles. The summed E-state index contributed by atoms with van der Waals surface area (Å²) in [5.74, 6) is -2.85. The summed E-state index contributed by atoms with van der Waals surface area (Å²) in [7, 11) is 0. The van der Waals surface area contributed by atoms with Gasteiger partial charge in [0, 0.05) is 0 Å². The molecule has 8 nitrogen and oxygen atoms in total. The zero-order valence-electron chi connectivity index (χ0n) is 9.95. The van der Waals surface area contributed by atoms with Crippen LogP contribution in [0.4, 0.5) is 0 Å². The maximum atomic E-state index is 10.4. The highest BCUT2D eigenvalue weighted by molar-refractivity contribution is 5.72. The monoisotopic (exact) mass is 264 g/mol. The predicted octanol–water partition coefficient (Wildman–Crippen LogP) is -2.79. The number of hydrogen-bond acceptors (Lipinski definition) is 7. The molecular weight excluding hydrogens is 244 g/mol. The molecule has 0 aliphatic carbocycles. The third-order valence-electron chi connectivity index (χ3n) is 2.89. The lowest BCUT2D eigenvalue weighted by atomic mass is 10.1. The maximum absolute atomic E-state index is 10.4. The number of ether oxygens (including phenoxy) is 1. The lowest BCUT2D eigenvalue weighted by molar-refractivity contribution is -0.211. The van der Waals surface area contributed by atoms with Crippen molar-refractivity contribution in [1.29, 1.82) is 0 Å². The Morgan fingerprint density at radius 2 is 2.22 bits per heavy atom. The van der Waals surface area contributed by atoms with E-state index in [1.807, 2.05) is 0 Å². The second-order valence-corrected chi connectivity index (χ2v) is 4.43. The molecule has 7 N–H and O–H groups in total. The summed E-state index contributed by atoms with van der Waals surface area (Å²) in [6, 6.07) is -0.898. The van der Waals surface area contributed by atoms with E-state index in [1.54, 1.807) is 0 Å². The molecular formula is C10H20N2O6. The molecule has 0 aromatic rings. The van der Waals surface area contributed by atoms with Gasteiger partial charge in [-0.15, -0.1) is 0 Å². The van der Waals surface area contributed by atoms with Crippen molar-refractivity contribution in [2.75, 3.05) is 19.7 Å². The Morgan fingerprint density at radius 1 is 1.56 bits per heavy atom. The van der Waals surface area contributed by atoms with E-state index in [4.69, 9.17) is 15.6 Å². The number of nitrogens with one attached hydrogen (secondary N) is 1. The molecule has 0 amide bonds. The summed E-state index contributed by atoms with van der Waals surface area (Å²) in [6.45, 7) is 0.256. The first-order valence-electron chi connectivity index (χ1n) is 5.78. The van der Waals surface area contributed by atoms with Gasteiger partial charge in [0.05, 0.1) is 13.2 Å². The van der Waals surface area contributed by atoms with E-state index in [2.05, 4.69) is 5.32 Å². The SMILES string of the molecule is NC(CCCNCC1(O)OC[C@@H](O)[C@H]1O)C(=O)O.